The summed E-state index contributed by atoms with van der Waals surface area (Å²) in [5, 5.41) is 1.43. The number of esters is 1. The molecule has 6 rings (SSSR count). The van der Waals surface area contributed by atoms with Crippen LogP contribution in [-0.2, 0) is 16.1 Å². The number of carbonyl (C=O) groups excluding carboxylic acids is 1. The number of rotatable bonds is 9. The van der Waals surface area contributed by atoms with Crippen LogP contribution in [0.2, 0.25) is 5.02 Å². The van der Waals surface area contributed by atoms with Crippen LogP contribution in [0, 0.1) is 12.7 Å². The number of aromatic nitrogens is 2. The molecule has 0 bridgehead atoms. The van der Waals surface area contributed by atoms with Crippen molar-refractivity contribution in [2.24, 2.45) is 4.99 Å². The third kappa shape index (κ3) is 5.69. The van der Waals surface area contributed by atoms with Crippen molar-refractivity contribution in [2.45, 2.75) is 46.2 Å². The van der Waals surface area contributed by atoms with E-state index in [-0.39, 0.29) is 18.0 Å². The molecule has 3 heterocycles. The van der Waals surface area contributed by atoms with E-state index in [0.717, 1.165) is 34.1 Å². The van der Waals surface area contributed by atoms with Gasteiger partial charge in [-0.1, -0.05) is 66.6 Å². The van der Waals surface area contributed by atoms with Crippen LogP contribution in [0.25, 0.3) is 17.0 Å². The van der Waals surface area contributed by atoms with Gasteiger partial charge in [-0.25, -0.2) is 14.2 Å². The summed E-state index contributed by atoms with van der Waals surface area (Å²) in [6, 6.07) is 18.8. The maximum atomic E-state index is 14.4. The summed E-state index contributed by atoms with van der Waals surface area (Å²) in [7, 11) is 1.54. The largest absolute Gasteiger partial charge is 0.496 e. The van der Waals surface area contributed by atoms with Gasteiger partial charge in [-0.3, -0.25) is 9.36 Å². The number of fused-ring (bicyclic) bond motifs is 2. The van der Waals surface area contributed by atoms with Crippen LogP contribution < -0.4 is 19.6 Å². The highest BCUT2D eigenvalue weighted by molar-refractivity contribution is 7.07. The first-order valence-corrected chi connectivity index (χ1v) is 16.3. The highest BCUT2D eigenvalue weighted by Gasteiger charge is 2.36. The zero-order chi connectivity index (χ0) is 32.5. The van der Waals surface area contributed by atoms with Crippen LogP contribution in [-0.4, -0.2) is 28.8 Å². The highest BCUT2D eigenvalue weighted by atomic mass is 35.5. The third-order valence-electron chi connectivity index (χ3n) is 8.19. The Morgan fingerprint density at radius 1 is 1.11 bits per heavy atom. The van der Waals surface area contributed by atoms with Gasteiger partial charge in [0.25, 0.3) is 5.56 Å². The molecule has 46 heavy (non-hydrogen) atoms. The molecule has 0 saturated carbocycles. The van der Waals surface area contributed by atoms with Crippen molar-refractivity contribution in [3.8, 4) is 5.75 Å². The van der Waals surface area contributed by atoms with E-state index in [1.165, 1.54) is 23.5 Å². The maximum absolute atomic E-state index is 14.4. The Labute approximate surface area is 274 Å². The Balaban J connectivity index is 1.59. The summed E-state index contributed by atoms with van der Waals surface area (Å²) in [4.78, 5) is 33.4. The Morgan fingerprint density at radius 2 is 1.87 bits per heavy atom. The molecular formula is C36H33ClFN3O4S. The fraction of sp³-hybridized carbons (Fsp3) is 0.250. The summed E-state index contributed by atoms with van der Waals surface area (Å²) >= 11 is 7.76. The first-order valence-electron chi connectivity index (χ1n) is 15.1. The number of para-hydroxylation sites is 1. The quantitative estimate of drug-likeness (QED) is 0.166. The molecule has 0 unspecified atom stereocenters. The summed E-state index contributed by atoms with van der Waals surface area (Å²) in [5.41, 5.74) is 4.98. The van der Waals surface area contributed by atoms with E-state index in [0.29, 0.717) is 49.9 Å². The van der Waals surface area contributed by atoms with E-state index in [4.69, 9.17) is 26.1 Å². The molecule has 0 saturated heterocycles. The number of hydrogen-bond acceptors (Lipinski definition) is 6. The zero-order valence-electron chi connectivity index (χ0n) is 26.0. The van der Waals surface area contributed by atoms with Crippen LogP contribution in [0.5, 0.6) is 5.75 Å². The lowest BCUT2D eigenvalue weighted by atomic mass is 9.93. The van der Waals surface area contributed by atoms with Gasteiger partial charge in [-0.05, 0) is 68.3 Å². The number of ether oxygens (including phenoxy) is 2. The van der Waals surface area contributed by atoms with Crippen LogP contribution in [0.15, 0.2) is 87.8 Å². The highest BCUT2D eigenvalue weighted by Crippen LogP contribution is 2.38. The van der Waals surface area contributed by atoms with Crippen molar-refractivity contribution in [3.05, 3.63) is 131 Å². The van der Waals surface area contributed by atoms with Gasteiger partial charge in [0, 0.05) is 39.3 Å². The second kappa shape index (κ2) is 13.1. The normalized spacial score (nSPS) is 14.8. The minimum atomic E-state index is -0.853. The monoisotopic (exact) mass is 657 g/mol. The van der Waals surface area contributed by atoms with Gasteiger partial charge in [0.15, 0.2) is 4.80 Å². The van der Waals surface area contributed by atoms with Crippen molar-refractivity contribution < 1.29 is 18.7 Å². The van der Waals surface area contributed by atoms with Gasteiger partial charge in [0.2, 0.25) is 0 Å². The molecule has 1 aliphatic rings. The SMILES string of the molecule is CCCC1=C(C(=O)OCC)[C@H](c2cc(Cl)ccc2OC)n2c(s/c(=C/c3c(C)n(Cc4ccc(F)cc4)c4ccccc34)c2=O)=N1. The third-order valence-corrected chi connectivity index (χ3v) is 9.41. The topological polar surface area (TPSA) is 74.8 Å². The lowest BCUT2D eigenvalue weighted by Crippen LogP contribution is -2.40. The maximum Gasteiger partial charge on any atom is 0.338 e. The standard InChI is InChI=1S/C36H33ClFN3O4S/c1-5-9-28-32(35(43)45-6-2)33(27-18-23(37)14-17-30(27)44-4)41-34(42)31(46-36(41)39-28)19-26-21(3)40(29-11-8-7-10-25(26)29)20-22-12-15-24(38)16-13-22/h7-8,10-19,33H,5-6,9,20H2,1-4H3/b31-19+/t33-/m0/s1. The number of nitrogens with zero attached hydrogens (tertiary/aromatic N) is 3. The number of carbonyl (C=O) groups is 1. The van der Waals surface area contributed by atoms with Crippen LogP contribution in [0.3, 0.4) is 0 Å². The molecule has 1 atom stereocenters. The molecule has 0 aliphatic carbocycles. The summed E-state index contributed by atoms with van der Waals surface area (Å²) in [6.45, 7) is 6.49. The molecule has 0 amide bonds. The first kappa shape index (κ1) is 31.5. The second-order valence-corrected chi connectivity index (χ2v) is 12.5. The van der Waals surface area contributed by atoms with E-state index >= 15 is 0 Å². The van der Waals surface area contributed by atoms with E-state index < -0.39 is 12.0 Å². The molecule has 2 aromatic heterocycles. The van der Waals surface area contributed by atoms with Gasteiger partial charge in [-0.2, -0.15) is 0 Å². The van der Waals surface area contributed by atoms with E-state index in [1.54, 1.807) is 48.9 Å². The number of thiazole rings is 1. The van der Waals surface area contributed by atoms with Crippen molar-refractivity contribution in [1.29, 1.82) is 0 Å². The average Bonchev–Trinajstić information content (AvgIpc) is 3.50. The van der Waals surface area contributed by atoms with Crippen LogP contribution in [0.1, 0.15) is 55.1 Å². The molecule has 3 aromatic carbocycles. The molecule has 1 aliphatic heterocycles. The minimum absolute atomic E-state index is 0.173. The Kier molecular flexibility index (Phi) is 8.97. The fourth-order valence-electron chi connectivity index (χ4n) is 6.08. The van der Waals surface area contributed by atoms with Gasteiger partial charge in [0.05, 0.1) is 29.5 Å². The fourth-order valence-corrected chi connectivity index (χ4v) is 7.26. The van der Waals surface area contributed by atoms with Crippen molar-refractivity contribution in [2.75, 3.05) is 13.7 Å². The van der Waals surface area contributed by atoms with Crippen molar-refractivity contribution >= 4 is 45.9 Å². The molecule has 0 fully saturated rings. The molecule has 7 nitrogen and oxygen atoms in total. The molecule has 0 N–H and O–H groups in total. The number of hydrogen-bond donors (Lipinski definition) is 0. The van der Waals surface area contributed by atoms with E-state index in [2.05, 4.69) is 4.57 Å². The Bertz CT molecular complexity index is 2180. The zero-order valence-corrected chi connectivity index (χ0v) is 27.5. The number of allylic oxidation sites excluding steroid dienone is 1. The second-order valence-electron chi connectivity index (χ2n) is 11.0. The Hall–Kier alpha value is -4.47. The average molecular weight is 658 g/mol. The van der Waals surface area contributed by atoms with E-state index in [1.807, 2.05) is 44.2 Å². The van der Waals surface area contributed by atoms with Crippen LogP contribution >= 0.6 is 22.9 Å². The van der Waals surface area contributed by atoms with Crippen molar-refractivity contribution in [1.82, 2.24) is 9.13 Å². The number of halogens is 2. The molecule has 236 valence electrons. The molecule has 0 spiro atoms. The van der Waals surface area contributed by atoms with Crippen LogP contribution in [0.4, 0.5) is 4.39 Å². The number of methoxy groups -OCH3 is 1. The summed E-state index contributed by atoms with van der Waals surface area (Å²) in [5.74, 6) is -0.324. The molecule has 0 radical (unpaired) electrons. The lowest BCUT2D eigenvalue weighted by Gasteiger charge is -2.27. The summed E-state index contributed by atoms with van der Waals surface area (Å²) in [6.07, 6.45) is 3.17. The minimum Gasteiger partial charge on any atom is -0.496 e. The number of benzene rings is 3. The van der Waals surface area contributed by atoms with Gasteiger partial charge in [0.1, 0.15) is 17.6 Å². The lowest BCUT2D eigenvalue weighted by molar-refractivity contribution is -0.139. The van der Waals surface area contributed by atoms with Gasteiger partial charge >= 0.3 is 5.97 Å². The predicted molar refractivity (Wildman–Crippen MR) is 180 cm³/mol. The van der Waals surface area contributed by atoms with E-state index in [9.17, 15) is 14.0 Å². The van der Waals surface area contributed by atoms with Crippen molar-refractivity contribution in [3.63, 3.8) is 0 Å². The Morgan fingerprint density at radius 3 is 2.59 bits per heavy atom. The predicted octanol–water partition coefficient (Wildman–Crippen LogP) is 6.69. The molecule has 10 heteroatoms. The first-order chi connectivity index (χ1) is 22.2. The molecule has 5 aromatic rings. The molecular weight excluding hydrogens is 625 g/mol. The summed E-state index contributed by atoms with van der Waals surface area (Å²) < 4.78 is 29.0. The van der Waals surface area contributed by atoms with Gasteiger partial charge < -0.3 is 14.0 Å². The smallest absolute Gasteiger partial charge is 0.338 e. The van der Waals surface area contributed by atoms with Gasteiger partial charge in [-0.15, -0.1) is 0 Å².